The average molecular weight is 368 g/mol. The second-order valence-corrected chi connectivity index (χ2v) is 6.68. The summed E-state index contributed by atoms with van der Waals surface area (Å²) in [6, 6.07) is 8.52. The van der Waals surface area contributed by atoms with Crippen LogP contribution in [0.25, 0.3) is 10.9 Å². The summed E-state index contributed by atoms with van der Waals surface area (Å²) in [7, 11) is 0. The SMILES string of the molecule is BrC1=NCc2ncnc(N3CCc4c([nH]c5ccccc45)C3)c21. The molecular formula is C17H14BrN5. The minimum absolute atomic E-state index is 0.636. The first-order valence-electron chi connectivity index (χ1n) is 7.69. The molecule has 23 heavy (non-hydrogen) atoms. The lowest BCUT2D eigenvalue weighted by molar-refractivity contribution is 0.710. The fraction of sp³-hybridized carbons (Fsp3) is 0.235. The highest BCUT2D eigenvalue weighted by molar-refractivity contribution is 9.18. The second-order valence-electron chi connectivity index (χ2n) is 5.93. The van der Waals surface area contributed by atoms with Gasteiger partial charge in [-0.15, -0.1) is 0 Å². The molecule has 0 radical (unpaired) electrons. The van der Waals surface area contributed by atoms with Crippen molar-refractivity contribution in [3.05, 3.63) is 53.1 Å². The molecule has 5 rings (SSSR count). The summed E-state index contributed by atoms with van der Waals surface area (Å²) in [4.78, 5) is 19.2. The van der Waals surface area contributed by atoms with Crippen LogP contribution in [0.15, 0.2) is 35.6 Å². The third kappa shape index (κ3) is 1.94. The lowest BCUT2D eigenvalue weighted by Gasteiger charge is -2.29. The largest absolute Gasteiger partial charge is 0.357 e. The quantitative estimate of drug-likeness (QED) is 0.718. The van der Waals surface area contributed by atoms with Crippen molar-refractivity contribution < 1.29 is 0 Å². The lowest BCUT2D eigenvalue weighted by Crippen LogP contribution is -2.32. The van der Waals surface area contributed by atoms with Crippen molar-refractivity contribution in [2.24, 2.45) is 4.99 Å². The summed E-state index contributed by atoms with van der Waals surface area (Å²) in [5, 5.41) is 1.35. The molecule has 0 saturated carbocycles. The highest BCUT2D eigenvalue weighted by atomic mass is 79.9. The number of rotatable bonds is 1. The van der Waals surface area contributed by atoms with Crippen molar-refractivity contribution in [3.8, 4) is 0 Å². The predicted octanol–water partition coefficient (Wildman–Crippen LogP) is 3.18. The van der Waals surface area contributed by atoms with E-state index < -0.39 is 0 Å². The van der Waals surface area contributed by atoms with Gasteiger partial charge in [-0.25, -0.2) is 9.97 Å². The van der Waals surface area contributed by atoms with Crippen molar-refractivity contribution in [1.82, 2.24) is 15.0 Å². The van der Waals surface area contributed by atoms with Crippen molar-refractivity contribution in [3.63, 3.8) is 0 Å². The van der Waals surface area contributed by atoms with Gasteiger partial charge in [-0.1, -0.05) is 18.2 Å². The maximum absolute atomic E-state index is 4.54. The van der Waals surface area contributed by atoms with Gasteiger partial charge in [0, 0.05) is 23.1 Å². The number of nitrogens with zero attached hydrogens (tertiary/aromatic N) is 4. The van der Waals surface area contributed by atoms with Crippen LogP contribution in [-0.2, 0) is 19.5 Å². The molecule has 6 heteroatoms. The molecule has 5 nitrogen and oxygen atoms in total. The fourth-order valence-electron chi connectivity index (χ4n) is 3.58. The first kappa shape index (κ1) is 13.2. The topological polar surface area (TPSA) is 57.2 Å². The summed E-state index contributed by atoms with van der Waals surface area (Å²) in [6.45, 7) is 2.43. The molecule has 1 aromatic carbocycles. The van der Waals surface area contributed by atoms with E-state index in [1.165, 1.54) is 22.2 Å². The Morgan fingerprint density at radius 2 is 2.09 bits per heavy atom. The van der Waals surface area contributed by atoms with Gasteiger partial charge in [-0.3, -0.25) is 4.99 Å². The summed E-state index contributed by atoms with van der Waals surface area (Å²) >= 11 is 3.55. The number of para-hydroxylation sites is 1. The van der Waals surface area contributed by atoms with Gasteiger partial charge in [0.15, 0.2) is 0 Å². The Kier molecular flexibility index (Phi) is 2.82. The average Bonchev–Trinajstić information content (AvgIpc) is 3.15. The first-order valence-corrected chi connectivity index (χ1v) is 8.48. The van der Waals surface area contributed by atoms with E-state index in [0.29, 0.717) is 6.54 Å². The molecule has 2 aliphatic heterocycles. The molecule has 2 aliphatic rings. The van der Waals surface area contributed by atoms with Crippen LogP contribution in [0.5, 0.6) is 0 Å². The number of aromatic nitrogens is 3. The molecule has 0 amide bonds. The molecule has 0 atom stereocenters. The van der Waals surface area contributed by atoms with Gasteiger partial charge in [0.05, 0.1) is 24.3 Å². The van der Waals surface area contributed by atoms with Gasteiger partial charge in [0.25, 0.3) is 0 Å². The van der Waals surface area contributed by atoms with Crippen LogP contribution in [0, 0.1) is 0 Å². The highest BCUT2D eigenvalue weighted by Crippen LogP contribution is 2.33. The summed E-state index contributed by atoms with van der Waals surface area (Å²) < 4.78 is 0.866. The van der Waals surface area contributed by atoms with Crippen LogP contribution in [0.3, 0.4) is 0 Å². The van der Waals surface area contributed by atoms with Gasteiger partial charge >= 0.3 is 0 Å². The molecule has 0 saturated heterocycles. The number of benzene rings is 1. The number of fused-ring (bicyclic) bond motifs is 4. The van der Waals surface area contributed by atoms with E-state index in [1.807, 2.05) is 0 Å². The molecule has 0 unspecified atom stereocenters. The Balaban J connectivity index is 1.58. The maximum Gasteiger partial charge on any atom is 0.142 e. The van der Waals surface area contributed by atoms with E-state index in [-0.39, 0.29) is 0 Å². The standard InChI is InChI=1S/C17H14BrN5/c18-16-15-13(7-19-16)20-9-21-17(15)23-6-5-11-10-3-1-2-4-12(10)22-14(11)8-23/h1-4,9,22H,5-8H2. The number of H-pyrrole nitrogens is 1. The Hall–Kier alpha value is -2.21. The normalized spacial score (nSPS) is 16.4. The Bertz CT molecular complexity index is 959. The number of hydrogen-bond acceptors (Lipinski definition) is 4. The molecule has 1 N–H and O–H groups in total. The first-order chi connectivity index (χ1) is 11.3. The van der Waals surface area contributed by atoms with Crippen LogP contribution in [0.2, 0.25) is 0 Å². The lowest BCUT2D eigenvalue weighted by atomic mass is 10.0. The minimum Gasteiger partial charge on any atom is -0.357 e. The number of halogens is 1. The molecule has 0 bridgehead atoms. The smallest absolute Gasteiger partial charge is 0.142 e. The van der Waals surface area contributed by atoms with Gasteiger partial charge < -0.3 is 9.88 Å². The zero-order valence-corrected chi connectivity index (χ0v) is 14.0. The van der Waals surface area contributed by atoms with E-state index in [0.717, 1.165) is 41.2 Å². The molecule has 0 aliphatic carbocycles. The summed E-state index contributed by atoms with van der Waals surface area (Å²) in [5.41, 5.74) is 6.00. The molecular weight excluding hydrogens is 354 g/mol. The zero-order valence-electron chi connectivity index (χ0n) is 12.4. The molecule has 0 fully saturated rings. The van der Waals surface area contributed by atoms with Gasteiger partial charge in [0.1, 0.15) is 16.8 Å². The van der Waals surface area contributed by atoms with Gasteiger partial charge in [-0.05, 0) is 34.0 Å². The van der Waals surface area contributed by atoms with Crippen LogP contribution < -0.4 is 4.90 Å². The number of aromatic amines is 1. The van der Waals surface area contributed by atoms with Crippen molar-refractivity contribution >= 4 is 37.3 Å². The zero-order chi connectivity index (χ0) is 15.4. The summed E-state index contributed by atoms with van der Waals surface area (Å²) in [6.07, 6.45) is 2.67. The predicted molar refractivity (Wildman–Crippen MR) is 94.3 cm³/mol. The number of aliphatic imine (C=N–C) groups is 1. The Morgan fingerprint density at radius 3 is 3.04 bits per heavy atom. The van der Waals surface area contributed by atoms with E-state index in [9.17, 15) is 0 Å². The van der Waals surface area contributed by atoms with Crippen LogP contribution in [0.4, 0.5) is 5.82 Å². The van der Waals surface area contributed by atoms with E-state index in [4.69, 9.17) is 0 Å². The minimum atomic E-state index is 0.636. The van der Waals surface area contributed by atoms with E-state index in [2.05, 4.69) is 65.0 Å². The number of hydrogen-bond donors (Lipinski definition) is 1. The Labute approximate surface area is 141 Å². The fourth-order valence-corrected chi connectivity index (χ4v) is 4.11. The van der Waals surface area contributed by atoms with Gasteiger partial charge in [0.2, 0.25) is 0 Å². The molecule has 0 spiro atoms. The van der Waals surface area contributed by atoms with Crippen LogP contribution >= 0.6 is 15.9 Å². The molecule has 2 aromatic heterocycles. The summed E-state index contributed by atoms with van der Waals surface area (Å²) in [5.74, 6) is 0.979. The highest BCUT2D eigenvalue weighted by Gasteiger charge is 2.27. The van der Waals surface area contributed by atoms with E-state index >= 15 is 0 Å². The van der Waals surface area contributed by atoms with Crippen LogP contribution in [-0.4, -0.2) is 26.1 Å². The van der Waals surface area contributed by atoms with Crippen molar-refractivity contribution in [2.75, 3.05) is 11.4 Å². The third-order valence-corrected chi connectivity index (χ3v) is 5.31. The molecule has 4 heterocycles. The molecule has 3 aromatic rings. The number of nitrogens with one attached hydrogen (secondary N) is 1. The second kappa shape index (κ2) is 4.89. The third-order valence-electron chi connectivity index (χ3n) is 4.66. The maximum atomic E-state index is 4.54. The van der Waals surface area contributed by atoms with Crippen molar-refractivity contribution in [1.29, 1.82) is 0 Å². The Morgan fingerprint density at radius 1 is 1.17 bits per heavy atom. The molecule has 114 valence electrons. The van der Waals surface area contributed by atoms with E-state index in [1.54, 1.807) is 6.33 Å². The number of anilines is 1. The monoisotopic (exact) mass is 367 g/mol. The van der Waals surface area contributed by atoms with Crippen molar-refractivity contribution in [2.45, 2.75) is 19.5 Å². The van der Waals surface area contributed by atoms with Crippen LogP contribution in [0.1, 0.15) is 22.5 Å². The van der Waals surface area contributed by atoms with Gasteiger partial charge in [-0.2, -0.15) is 0 Å².